The minimum atomic E-state index is -0.527. The molecule has 0 unspecified atom stereocenters. The molecule has 0 aliphatic heterocycles. The Morgan fingerprint density at radius 3 is 2.89 bits per heavy atom. The van der Waals surface area contributed by atoms with Crippen LogP contribution in [0.2, 0.25) is 0 Å². The topological polar surface area (TPSA) is 65.2 Å². The molecule has 0 spiro atoms. The number of aromatic nitrogens is 2. The zero-order valence-electron chi connectivity index (χ0n) is 10.5. The molecular formula is C12H14N2O3S. The van der Waals surface area contributed by atoms with Crippen molar-refractivity contribution in [3.63, 3.8) is 0 Å². The lowest BCUT2D eigenvalue weighted by Crippen LogP contribution is -2.22. The molecule has 2 aromatic heterocycles. The number of hydrogen-bond acceptors (Lipinski definition) is 6. The van der Waals surface area contributed by atoms with Gasteiger partial charge in [0.2, 0.25) is 5.82 Å². The van der Waals surface area contributed by atoms with Crippen molar-refractivity contribution >= 4 is 17.3 Å². The normalized spacial score (nSPS) is 11.5. The quantitative estimate of drug-likeness (QED) is 0.799. The van der Waals surface area contributed by atoms with Crippen LogP contribution in [0.1, 0.15) is 26.6 Å². The molecule has 0 fully saturated rings. The van der Waals surface area contributed by atoms with Gasteiger partial charge >= 0.3 is 5.97 Å². The molecule has 0 aliphatic rings. The lowest BCUT2D eigenvalue weighted by Gasteiger charge is -2.15. The number of esters is 1. The molecule has 0 atom stereocenters. The van der Waals surface area contributed by atoms with Crippen LogP contribution in [-0.2, 0) is 16.1 Å². The van der Waals surface area contributed by atoms with E-state index in [2.05, 4.69) is 10.1 Å². The van der Waals surface area contributed by atoms with Gasteiger partial charge in [0.25, 0.3) is 5.89 Å². The second kappa shape index (κ2) is 4.89. The Kier molecular flexibility index (Phi) is 3.47. The maximum atomic E-state index is 11.6. The van der Waals surface area contributed by atoms with Gasteiger partial charge in [-0.1, -0.05) is 11.2 Å². The highest BCUT2D eigenvalue weighted by Gasteiger charge is 2.23. The van der Waals surface area contributed by atoms with E-state index in [9.17, 15) is 4.79 Å². The van der Waals surface area contributed by atoms with E-state index in [0.717, 1.165) is 4.88 Å². The van der Waals surface area contributed by atoms with Gasteiger partial charge in [0.05, 0.1) is 10.3 Å². The maximum Gasteiger partial charge on any atom is 0.311 e. The molecule has 0 aromatic carbocycles. The minimum Gasteiger partial charge on any atom is -0.457 e. The van der Waals surface area contributed by atoms with Crippen LogP contribution in [0.3, 0.4) is 0 Å². The summed E-state index contributed by atoms with van der Waals surface area (Å²) in [4.78, 5) is 16.6. The van der Waals surface area contributed by atoms with Crippen molar-refractivity contribution in [1.29, 1.82) is 0 Å². The Morgan fingerprint density at radius 2 is 2.28 bits per heavy atom. The largest absolute Gasteiger partial charge is 0.457 e. The first-order chi connectivity index (χ1) is 8.47. The van der Waals surface area contributed by atoms with E-state index in [1.54, 1.807) is 20.8 Å². The lowest BCUT2D eigenvalue weighted by molar-refractivity contribution is -0.154. The van der Waals surface area contributed by atoms with Crippen LogP contribution in [0.5, 0.6) is 0 Å². The molecule has 0 aliphatic carbocycles. The Bertz CT molecular complexity index is 526. The van der Waals surface area contributed by atoms with E-state index in [1.165, 1.54) is 11.3 Å². The second-order valence-electron chi connectivity index (χ2n) is 4.82. The van der Waals surface area contributed by atoms with E-state index in [-0.39, 0.29) is 12.6 Å². The third kappa shape index (κ3) is 2.95. The molecule has 18 heavy (non-hydrogen) atoms. The summed E-state index contributed by atoms with van der Waals surface area (Å²) in [7, 11) is 0. The molecule has 0 saturated heterocycles. The molecule has 0 radical (unpaired) electrons. The van der Waals surface area contributed by atoms with E-state index < -0.39 is 5.41 Å². The Labute approximate surface area is 109 Å². The van der Waals surface area contributed by atoms with Crippen LogP contribution >= 0.6 is 11.3 Å². The average molecular weight is 266 g/mol. The van der Waals surface area contributed by atoms with Crippen molar-refractivity contribution in [3.8, 4) is 10.8 Å². The third-order valence-corrected chi connectivity index (χ3v) is 3.00. The van der Waals surface area contributed by atoms with Gasteiger partial charge in [0.1, 0.15) is 0 Å². The van der Waals surface area contributed by atoms with Gasteiger partial charge in [0.15, 0.2) is 6.61 Å². The lowest BCUT2D eigenvalue weighted by atomic mass is 9.97. The first-order valence-corrected chi connectivity index (χ1v) is 6.38. The first-order valence-electron chi connectivity index (χ1n) is 5.50. The summed E-state index contributed by atoms with van der Waals surface area (Å²) < 4.78 is 10.2. The van der Waals surface area contributed by atoms with Gasteiger partial charge in [-0.3, -0.25) is 4.79 Å². The molecule has 2 heterocycles. The molecule has 0 bridgehead atoms. The predicted molar refractivity (Wildman–Crippen MR) is 66.9 cm³/mol. The zero-order chi connectivity index (χ0) is 13.2. The van der Waals surface area contributed by atoms with Crippen molar-refractivity contribution in [1.82, 2.24) is 10.1 Å². The van der Waals surface area contributed by atoms with E-state index in [1.807, 2.05) is 17.5 Å². The molecule has 0 amide bonds. The van der Waals surface area contributed by atoms with E-state index in [4.69, 9.17) is 9.26 Å². The molecule has 96 valence electrons. The maximum absolute atomic E-state index is 11.6. The molecule has 5 nitrogen and oxygen atoms in total. The number of carbonyl (C=O) groups is 1. The molecule has 0 saturated carbocycles. The van der Waals surface area contributed by atoms with Crippen molar-refractivity contribution in [3.05, 3.63) is 23.3 Å². The standard InChI is InChI=1S/C12H14N2O3S/c1-12(2,3)11(15)16-7-9-13-10(17-14-9)8-5-4-6-18-8/h4-6H,7H2,1-3H3. The SMILES string of the molecule is CC(C)(C)C(=O)OCc1noc(-c2cccs2)n1. The summed E-state index contributed by atoms with van der Waals surface area (Å²) in [5.41, 5.74) is -0.527. The van der Waals surface area contributed by atoms with Gasteiger partial charge in [-0.05, 0) is 32.2 Å². The fourth-order valence-corrected chi connectivity index (χ4v) is 1.80. The summed E-state index contributed by atoms with van der Waals surface area (Å²) >= 11 is 1.51. The fraction of sp³-hybridized carbons (Fsp3) is 0.417. The number of rotatable bonds is 3. The highest BCUT2D eigenvalue weighted by molar-refractivity contribution is 7.13. The number of thiophene rings is 1. The van der Waals surface area contributed by atoms with Crippen molar-refractivity contribution in [2.24, 2.45) is 5.41 Å². The summed E-state index contributed by atoms with van der Waals surface area (Å²) in [6, 6.07) is 3.80. The number of nitrogens with zero attached hydrogens (tertiary/aromatic N) is 2. The van der Waals surface area contributed by atoms with Crippen molar-refractivity contribution in [2.75, 3.05) is 0 Å². The van der Waals surface area contributed by atoms with Gasteiger partial charge < -0.3 is 9.26 Å². The highest BCUT2D eigenvalue weighted by Crippen LogP contribution is 2.23. The van der Waals surface area contributed by atoms with E-state index >= 15 is 0 Å². The van der Waals surface area contributed by atoms with Crippen LogP contribution in [0.4, 0.5) is 0 Å². The van der Waals surface area contributed by atoms with Crippen molar-refractivity contribution < 1.29 is 14.1 Å². The number of ether oxygens (including phenoxy) is 1. The molecule has 0 N–H and O–H groups in total. The summed E-state index contributed by atoms with van der Waals surface area (Å²) in [5, 5.41) is 5.70. The smallest absolute Gasteiger partial charge is 0.311 e. The highest BCUT2D eigenvalue weighted by atomic mass is 32.1. The van der Waals surface area contributed by atoms with Gasteiger partial charge in [-0.2, -0.15) is 4.98 Å². The molecule has 2 rings (SSSR count). The summed E-state index contributed by atoms with van der Waals surface area (Å²) in [6.07, 6.45) is 0. The Balaban J connectivity index is 1.98. The van der Waals surface area contributed by atoms with Crippen molar-refractivity contribution in [2.45, 2.75) is 27.4 Å². The van der Waals surface area contributed by atoms with Crippen LogP contribution < -0.4 is 0 Å². The van der Waals surface area contributed by atoms with Gasteiger partial charge in [0, 0.05) is 0 Å². The minimum absolute atomic E-state index is 0.0327. The van der Waals surface area contributed by atoms with Crippen LogP contribution in [0, 0.1) is 5.41 Å². The Hall–Kier alpha value is -1.69. The summed E-state index contributed by atoms with van der Waals surface area (Å²) in [6.45, 7) is 5.42. The number of carbonyl (C=O) groups excluding carboxylic acids is 1. The monoisotopic (exact) mass is 266 g/mol. The van der Waals surface area contributed by atoms with Crippen LogP contribution in [0.15, 0.2) is 22.0 Å². The molecular weight excluding hydrogens is 252 g/mol. The van der Waals surface area contributed by atoms with Crippen LogP contribution in [0.25, 0.3) is 10.8 Å². The van der Waals surface area contributed by atoms with Gasteiger partial charge in [-0.15, -0.1) is 11.3 Å². The fourth-order valence-electron chi connectivity index (χ4n) is 1.16. The first kappa shape index (κ1) is 12.8. The van der Waals surface area contributed by atoms with Crippen LogP contribution in [-0.4, -0.2) is 16.1 Å². The molecule has 2 aromatic rings. The third-order valence-electron chi connectivity index (χ3n) is 2.14. The predicted octanol–water partition coefficient (Wildman–Crippen LogP) is 2.89. The van der Waals surface area contributed by atoms with Gasteiger partial charge in [-0.25, -0.2) is 0 Å². The summed E-state index contributed by atoms with van der Waals surface area (Å²) in [5.74, 6) is 0.535. The average Bonchev–Trinajstić information content (AvgIpc) is 2.94. The Morgan fingerprint density at radius 1 is 1.50 bits per heavy atom. The van der Waals surface area contributed by atoms with E-state index in [0.29, 0.717) is 11.7 Å². The molecule has 6 heteroatoms. The number of hydrogen-bond donors (Lipinski definition) is 0. The second-order valence-corrected chi connectivity index (χ2v) is 5.77. The zero-order valence-corrected chi connectivity index (χ0v) is 11.3.